The van der Waals surface area contributed by atoms with Crippen molar-refractivity contribution in [3.05, 3.63) is 24.2 Å². The summed E-state index contributed by atoms with van der Waals surface area (Å²) in [5.41, 5.74) is 1.80. The number of carbonyl (C=O) groups is 1. The summed E-state index contributed by atoms with van der Waals surface area (Å²) < 4.78 is 0. The van der Waals surface area contributed by atoms with E-state index in [1.54, 1.807) is 6.20 Å². The molecule has 0 radical (unpaired) electrons. The summed E-state index contributed by atoms with van der Waals surface area (Å²) in [6, 6.07) is 1.81. The van der Waals surface area contributed by atoms with Crippen LogP contribution < -0.4 is 5.32 Å². The minimum atomic E-state index is -0.141. The minimum Gasteiger partial charge on any atom is -0.350 e. The Balaban J connectivity index is 1.70. The number of hydrogen-bond acceptors (Lipinski definition) is 4. The number of H-pyrrole nitrogens is 1. The van der Waals surface area contributed by atoms with E-state index in [2.05, 4.69) is 20.3 Å². The number of aromatic nitrogens is 3. The molecule has 1 aliphatic heterocycles. The van der Waals surface area contributed by atoms with Crippen molar-refractivity contribution in [2.75, 3.05) is 18.1 Å². The molecule has 1 fully saturated rings. The molecule has 5 nitrogen and oxygen atoms in total. The van der Waals surface area contributed by atoms with Gasteiger partial charge < -0.3 is 10.3 Å². The van der Waals surface area contributed by atoms with Gasteiger partial charge in [0, 0.05) is 12.7 Å². The second-order valence-corrected chi connectivity index (χ2v) is 5.16. The Morgan fingerprint density at radius 3 is 3.24 bits per heavy atom. The minimum absolute atomic E-state index is 0.141. The molecule has 0 saturated carbocycles. The number of amides is 1. The van der Waals surface area contributed by atoms with Crippen LogP contribution in [0.25, 0.3) is 11.2 Å². The number of rotatable bonds is 3. The Bertz CT molecular complexity index is 549. The van der Waals surface area contributed by atoms with Gasteiger partial charge in [0.15, 0.2) is 5.65 Å². The first-order valence-corrected chi connectivity index (χ1v) is 6.64. The van der Waals surface area contributed by atoms with Crippen molar-refractivity contribution in [3.8, 4) is 0 Å². The molecule has 0 unspecified atom stereocenters. The molecule has 0 atom stereocenters. The van der Waals surface area contributed by atoms with Crippen molar-refractivity contribution < 1.29 is 4.79 Å². The second-order valence-electron chi connectivity index (χ2n) is 4.08. The normalized spacial score (nSPS) is 15.8. The van der Waals surface area contributed by atoms with E-state index in [9.17, 15) is 4.79 Å². The Morgan fingerprint density at radius 1 is 1.59 bits per heavy atom. The van der Waals surface area contributed by atoms with Gasteiger partial charge in [-0.05, 0) is 23.5 Å². The highest BCUT2D eigenvalue weighted by Gasteiger charge is 2.19. The van der Waals surface area contributed by atoms with E-state index < -0.39 is 0 Å². The molecule has 1 amide bonds. The van der Waals surface area contributed by atoms with Gasteiger partial charge in [-0.25, -0.2) is 9.97 Å². The summed E-state index contributed by atoms with van der Waals surface area (Å²) in [6.45, 7) is 0.735. The molecule has 3 rings (SSSR count). The van der Waals surface area contributed by atoms with Crippen molar-refractivity contribution in [2.24, 2.45) is 5.92 Å². The van der Waals surface area contributed by atoms with E-state index in [1.165, 1.54) is 6.20 Å². The molecule has 2 aromatic heterocycles. The first-order chi connectivity index (χ1) is 8.33. The zero-order valence-corrected chi connectivity index (χ0v) is 9.96. The summed E-state index contributed by atoms with van der Waals surface area (Å²) in [4.78, 5) is 23.2. The predicted molar refractivity (Wildman–Crippen MR) is 67.0 cm³/mol. The van der Waals surface area contributed by atoms with Crippen molar-refractivity contribution in [1.29, 1.82) is 0 Å². The van der Waals surface area contributed by atoms with E-state index in [0.29, 0.717) is 17.3 Å². The fourth-order valence-electron chi connectivity index (χ4n) is 1.67. The maximum atomic E-state index is 11.8. The Morgan fingerprint density at radius 2 is 2.47 bits per heavy atom. The van der Waals surface area contributed by atoms with E-state index >= 15 is 0 Å². The number of nitrogens with zero attached hydrogens (tertiary/aromatic N) is 2. The van der Waals surface area contributed by atoms with Gasteiger partial charge in [-0.3, -0.25) is 4.79 Å². The van der Waals surface area contributed by atoms with Crippen LogP contribution >= 0.6 is 11.8 Å². The van der Waals surface area contributed by atoms with E-state index in [-0.39, 0.29) is 5.91 Å². The lowest BCUT2D eigenvalue weighted by molar-refractivity contribution is 0.0944. The average molecular weight is 248 g/mol. The van der Waals surface area contributed by atoms with Crippen molar-refractivity contribution in [2.45, 2.75) is 0 Å². The van der Waals surface area contributed by atoms with Gasteiger partial charge in [-0.1, -0.05) is 0 Å². The highest BCUT2D eigenvalue weighted by molar-refractivity contribution is 8.00. The summed E-state index contributed by atoms with van der Waals surface area (Å²) >= 11 is 1.91. The van der Waals surface area contributed by atoms with Crippen LogP contribution in [0.3, 0.4) is 0 Å². The van der Waals surface area contributed by atoms with Gasteiger partial charge in [0.05, 0.1) is 6.20 Å². The molecule has 2 N–H and O–H groups in total. The number of aromatic amines is 1. The van der Waals surface area contributed by atoms with Crippen LogP contribution in [0.15, 0.2) is 18.5 Å². The number of carbonyl (C=O) groups excluding carboxylic acids is 1. The maximum Gasteiger partial charge on any atom is 0.271 e. The summed E-state index contributed by atoms with van der Waals surface area (Å²) in [7, 11) is 0. The fraction of sp³-hybridized carbons (Fsp3) is 0.364. The Hall–Kier alpha value is -1.56. The smallest absolute Gasteiger partial charge is 0.271 e. The van der Waals surface area contributed by atoms with Crippen LogP contribution in [-0.4, -0.2) is 38.9 Å². The molecule has 1 saturated heterocycles. The van der Waals surface area contributed by atoms with Crippen molar-refractivity contribution >= 4 is 28.8 Å². The lowest BCUT2D eigenvalue weighted by Gasteiger charge is -2.24. The second kappa shape index (κ2) is 4.37. The van der Waals surface area contributed by atoms with Crippen LogP contribution in [0, 0.1) is 5.92 Å². The highest BCUT2D eigenvalue weighted by atomic mass is 32.2. The van der Waals surface area contributed by atoms with E-state index in [1.807, 2.05) is 17.8 Å². The molecule has 0 aromatic carbocycles. The number of thioether (sulfide) groups is 1. The van der Waals surface area contributed by atoms with Gasteiger partial charge in [-0.15, -0.1) is 0 Å². The van der Waals surface area contributed by atoms with Crippen LogP contribution in [0.5, 0.6) is 0 Å². The van der Waals surface area contributed by atoms with E-state index in [4.69, 9.17) is 0 Å². The Kier molecular flexibility index (Phi) is 2.72. The molecule has 0 bridgehead atoms. The lowest BCUT2D eigenvalue weighted by Crippen LogP contribution is -2.35. The summed E-state index contributed by atoms with van der Waals surface area (Å²) in [6.07, 6.45) is 3.27. The summed E-state index contributed by atoms with van der Waals surface area (Å²) in [5.74, 6) is 2.76. The van der Waals surface area contributed by atoms with Crippen molar-refractivity contribution in [3.63, 3.8) is 0 Å². The van der Waals surface area contributed by atoms with Gasteiger partial charge in [0.25, 0.3) is 5.91 Å². The molecule has 6 heteroatoms. The van der Waals surface area contributed by atoms with Gasteiger partial charge in [-0.2, -0.15) is 11.8 Å². The molecule has 0 spiro atoms. The molecule has 1 aliphatic rings. The largest absolute Gasteiger partial charge is 0.350 e. The fourth-order valence-corrected chi connectivity index (χ4v) is 2.47. The molecule has 17 heavy (non-hydrogen) atoms. The highest BCUT2D eigenvalue weighted by Crippen LogP contribution is 2.23. The SMILES string of the molecule is O=C(NCC1CSC1)c1cnc2[nH]ccc2n1. The molecule has 88 valence electrons. The quantitative estimate of drug-likeness (QED) is 0.851. The zero-order valence-electron chi connectivity index (χ0n) is 9.14. The lowest BCUT2D eigenvalue weighted by atomic mass is 10.2. The molecular weight excluding hydrogens is 236 g/mol. The van der Waals surface area contributed by atoms with Crippen LogP contribution in [-0.2, 0) is 0 Å². The average Bonchev–Trinajstić information content (AvgIpc) is 2.73. The molecular formula is C11H12N4OS. The number of hydrogen-bond donors (Lipinski definition) is 2. The third kappa shape index (κ3) is 2.12. The molecule has 0 aliphatic carbocycles. The Labute approximate surface area is 102 Å². The third-order valence-corrected chi connectivity index (χ3v) is 4.17. The third-order valence-electron chi connectivity index (χ3n) is 2.75. The van der Waals surface area contributed by atoms with E-state index in [0.717, 1.165) is 23.6 Å². The topological polar surface area (TPSA) is 70.7 Å². The predicted octanol–water partition coefficient (Wildman–Crippen LogP) is 1.05. The monoisotopic (exact) mass is 248 g/mol. The zero-order chi connectivity index (χ0) is 11.7. The summed E-state index contributed by atoms with van der Waals surface area (Å²) in [5, 5.41) is 2.89. The number of nitrogens with one attached hydrogen (secondary N) is 2. The van der Waals surface area contributed by atoms with Crippen molar-refractivity contribution in [1.82, 2.24) is 20.3 Å². The van der Waals surface area contributed by atoms with Crippen LogP contribution in [0.4, 0.5) is 0 Å². The standard InChI is InChI=1S/C11H12N4OS/c16-11(14-3-7-5-17-6-7)9-4-13-10-8(15-9)1-2-12-10/h1-2,4,7H,3,5-6H2,(H,12,13)(H,14,16). The molecule has 2 aromatic rings. The first-order valence-electron chi connectivity index (χ1n) is 5.49. The van der Waals surface area contributed by atoms with Gasteiger partial charge in [0.1, 0.15) is 11.2 Å². The first kappa shape index (κ1) is 10.6. The molecule has 3 heterocycles. The van der Waals surface area contributed by atoms with Crippen LogP contribution in [0.1, 0.15) is 10.5 Å². The van der Waals surface area contributed by atoms with Gasteiger partial charge in [0.2, 0.25) is 0 Å². The van der Waals surface area contributed by atoms with Crippen LogP contribution in [0.2, 0.25) is 0 Å². The maximum absolute atomic E-state index is 11.8. The van der Waals surface area contributed by atoms with Gasteiger partial charge >= 0.3 is 0 Å². The number of fused-ring (bicyclic) bond motifs is 1.